The predicted molar refractivity (Wildman–Crippen MR) is 99.6 cm³/mol. The van der Waals surface area contributed by atoms with E-state index in [0.29, 0.717) is 35.8 Å². The van der Waals surface area contributed by atoms with Crippen molar-refractivity contribution in [1.82, 2.24) is 4.90 Å². The quantitative estimate of drug-likeness (QED) is 0.881. The van der Waals surface area contributed by atoms with Crippen molar-refractivity contribution in [3.63, 3.8) is 0 Å². The first-order valence-electron chi connectivity index (χ1n) is 8.39. The maximum atomic E-state index is 12.5. The highest BCUT2D eigenvalue weighted by Gasteiger charge is 2.34. The summed E-state index contributed by atoms with van der Waals surface area (Å²) in [7, 11) is 0. The number of nitrogens with zero attached hydrogens (tertiary/aromatic N) is 2. The summed E-state index contributed by atoms with van der Waals surface area (Å²) in [5.74, 6) is -0.651. The minimum atomic E-state index is -0.403. The Hall–Kier alpha value is -2.84. The molecule has 0 radical (unpaired) electrons. The van der Waals surface area contributed by atoms with Gasteiger partial charge in [-0.1, -0.05) is 35.9 Å². The first-order chi connectivity index (χ1) is 12.6. The molecule has 1 heterocycles. The van der Waals surface area contributed by atoms with Crippen molar-refractivity contribution >= 4 is 29.1 Å². The first-order valence-corrected chi connectivity index (χ1v) is 8.77. The van der Waals surface area contributed by atoms with Crippen LogP contribution >= 0.6 is 11.6 Å². The van der Waals surface area contributed by atoms with Gasteiger partial charge in [0.15, 0.2) is 0 Å². The van der Waals surface area contributed by atoms with E-state index in [1.54, 1.807) is 29.2 Å². The topological polar surface area (TPSA) is 73.2 Å². The maximum absolute atomic E-state index is 12.5. The van der Waals surface area contributed by atoms with Crippen LogP contribution in [0.4, 0.5) is 5.69 Å². The molecule has 1 unspecified atom stereocenters. The number of carbonyl (C=O) groups excluding carboxylic acids is 2. The molecule has 132 valence electrons. The number of rotatable bonds is 5. The Morgan fingerprint density at radius 1 is 1.23 bits per heavy atom. The smallest absolute Gasteiger partial charge is 0.229 e. The number of benzene rings is 2. The Morgan fingerprint density at radius 3 is 2.69 bits per heavy atom. The Kier molecular flexibility index (Phi) is 5.55. The van der Waals surface area contributed by atoms with Gasteiger partial charge in [-0.05, 0) is 36.2 Å². The van der Waals surface area contributed by atoms with Crippen molar-refractivity contribution < 1.29 is 9.59 Å². The largest absolute Gasteiger partial charge is 0.342 e. The van der Waals surface area contributed by atoms with E-state index in [0.717, 1.165) is 5.56 Å². The van der Waals surface area contributed by atoms with Gasteiger partial charge in [0, 0.05) is 24.5 Å². The van der Waals surface area contributed by atoms with E-state index in [4.69, 9.17) is 16.9 Å². The molecule has 6 heteroatoms. The van der Waals surface area contributed by atoms with Gasteiger partial charge in [-0.15, -0.1) is 0 Å². The van der Waals surface area contributed by atoms with Crippen LogP contribution in [0.25, 0.3) is 0 Å². The fourth-order valence-corrected chi connectivity index (χ4v) is 3.13. The number of para-hydroxylation sites is 1. The van der Waals surface area contributed by atoms with Crippen LogP contribution in [-0.2, 0) is 16.0 Å². The van der Waals surface area contributed by atoms with Crippen LogP contribution < -0.4 is 5.32 Å². The van der Waals surface area contributed by atoms with Crippen molar-refractivity contribution in [2.45, 2.75) is 12.8 Å². The highest BCUT2D eigenvalue weighted by molar-refractivity contribution is 6.30. The number of anilines is 1. The van der Waals surface area contributed by atoms with Gasteiger partial charge < -0.3 is 10.2 Å². The lowest BCUT2D eigenvalue weighted by atomic mass is 10.1. The second-order valence-corrected chi connectivity index (χ2v) is 6.70. The number of halogens is 1. The Morgan fingerprint density at radius 2 is 1.96 bits per heavy atom. The van der Waals surface area contributed by atoms with Crippen LogP contribution in [0.15, 0.2) is 48.5 Å². The van der Waals surface area contributed by atoms with Crippen LogP contribution in [0.1, 0.15) is 17.5 Å². The molecule has 2 aromatic carbocycles. The van der Waals surface area contributed by atoms with Gasteiger partial charge in [-0.25, -0.2) is 0 Å². The number of carbonyl (C=O) groups is 2. The molecule has 1 saturated heterocycles. The third-order valence-electron chi connectivity index (χ3n) is 4.47. The zero-order valence-corrected chi connectivity index (χ0v) is 14.9. The summed E-state index contributed by atoms with van der Waals surface area (Å²) in [6, 6.07) is 16.4. The average Bonchev–Trinajstić information content (AvgIpc) is 3.02. The van der Waals surface area contributed by atoms with Crippen LogP contribution in [0.5, 0.6) is 0 Å². The van der Waals surface area contributed by atoms with E-state index in [1.165, 1.54) is 0 Å². The summed E-state index contributed by atoms with van der Waals surface area (Å²) in [5.41, 5.74) is 1.98. The Labute approximate surface area is 157 Å². The van der Waals surface area contributed by atoms with Crippen molar-refractivity contribution in [1.29, 1.82) is 5.26 Å². The zero-order chi connectivity index (χ0) is 18.5. The number of nitrogens with one attached hydrogen (secondary N) is 1. The molecule has 0 bridgehead atoms. The molecule has 3 rings (SSSR count). The van der Waals surface area contributed by atoms with Crippen molar-refractivity contribution in [2.75, 3.05) is 18.4 Å². The van der Waals surface area contributed by atoms with Gasteiger partial charge in [-0.2, -0.15) is 5.26 Å². The Bertz CT molecular complexity index is 858. The van der Waals surface area contributed by atoms with Gasteiger partial charge in [0.25, 0.3) is 0 Å². The fraction of sp³-hybridized carbons (Fsp3) is 0.250. The van der Waals surface area contributed by atoms with E-state index in [-0.39, 0.29) is 18.2 Å². The second kappa shape index (κ2) is 8.03. The van der Waals surface area contributed by atoms with E-state index >= 15 is 0 Å². The number of hydrogen-bond donors (Lipinski definition) is 1. The lowest BCUT2D eigenvalue weighted by Crippen LogP contribution is -2.30. The average molecular weight is 368 g/mol. The molecule has 2 amide bonds. The number of likely N-dealkylation sites (tertiary alicyclic amines) is 1. The molecule has 2 aromatic rings. The minimum absolute atomic E-state index is 0.0207. The monoisotopic (exact) mass is 367 g/mol. The van der Waals surface area contributed by atoms with Gasteiger partial charge in [0.2, 0.25) is 11.8 Å². The third kappa shape index (κ3) is 4.22. The van der Waals surface area contributed by atoms with Crippen LogP contribution in [0.3, 0.4) is 0 Å². The first kappa shape index (κ1) is 18.0. The number of amides is 2. The van der Waals surface area contributed by atoms with Crippen molar-refractivity contribution in [2.24, 2.45) is 5.92 Å². The van der Waals surface area contributed by atoms with Gasteiger partial charge in [0.05, 0.1) is 17.2 Å². The van der Waals surface area contributed by atoms with E-state index < -0.39 is 5.92 Å². The molecular formula is C20H18ClN3O2. The van der Waals surface area contributed by atoms with E-state index in [9.17, 15) is 9.59 Å². The van der Waals surface area contributed by atoms with Crippen LogP contribution in [-0.4, -0.2) is 29.8 Å². The zero-order valence-electron chi connectivity index (χ0n) is 14.1. The molecule has 26 heavy (non-hydrogen) atoms. The molecular weight excluding hydrogens is 350 g/mol. The fourth-order valence-electron chi connectivity index (χ4n) is 3.00. The molecule has 0 spiro atoms. The summed E-state index contributed by atoms with van der Waals surface area (Å²) in [5, 5.41) is 12.6. The maximum Gasteiger partial charge on any atom is 0.229 e. The SMILES string of the molecule is N#Cc1ccccc1NC(=O)C1CC(=O)N(CCc2ccc(Cl)cc2)C1. The Balaban J connectivity index is 1.57. The van der Waals surface area contributed by atoms with Gasteiger partial charge in [-0.3, -0.25) is 9.59 Å². The highest BCUT2D eigenvalue weighted by Crippen LogP contribution is 2.22. The predicted octanol–water partition coefficient (Wildman–Crippen LogP) is 3.24. The lowest BCUT2D eigenvalue weighted by molar-refractivity contribution is -0.128. The van der Waals surface area contributed by atoms with Crippen molar-refractivity contribution in [3.05, 3.63) is 64.7 Å². The molecule has 1 aliphatic heterocycles. The van der Waals surface area contributed by atoms with E-state index in [2.05, 4.69) is 11.4 Å². The second-order valence-electron chi connectivity index (χ2n) is 6.26. The molecule has 0 aromatic heterocycles. The normalized spacial score (nSPS) is 16.4. The van der Waals surface area contributed by atoms with Crippen molar-refractivity contribution in [3.8, 4) is 6.07 Å². The molecule has 0 aliphatic carbocycles. The standard InChI is InChI=1S/C20H18ClN3O2/c21-17-7-5-14(6-8-17)9-10-24-13-16(11-19(24)25)20(26)23-18-4-2-1-3-15(18)12-22/h1-8,16H,9-11,13H2,(H,23,26). The summed E-state index contributed by atoms with van der Waals surface area (Å²) in [6.07, 6.45) is 0.912. The molecule has 5 nitrogen and oxygen atoms in total. The van der Waals surface area contributed by atoms with Gasteiger partial charge >= 0.3 is 0 Å². The minimum Gasteiger partial charge on any atom is -0.342 e. The number of hydrogen-bond acceptors (Lipinski definition) is 3. The summed E-state index contributed by atoms with van der Waals surface area (Å²) in [6.45, 7) is 0.964. The molecule has 1 aliphatic rings. The molecule has 0 saturated carbocycles. The molecule has 1 N–H and O–H groups in total. The summed E-state index contributed by atoms with van der Waals surface area (Å²) >= 11 is 5.88. The van der Waals surface area contributed by atoms with Crippen LogP contribution in [0.2, 0.25) is 5.02 Å². The highest BCUT2D eigenvalue weighted by atomic mass is 35.5. The summed E-state index contributed by atoms with van der Waals surface area (Å²) in [4.78, 5) is 26.4. The number of nitriles is 1. The summed E-state index contributed by atoms with van der Waals surface area (Å²) < 4.78 is 0. The van der Waals surface area contributed by atoms with E-state index in [1.807, 2.05) is 24.3 Å². The van der Waals surface area contributed by atoms with Crippen LogP contribution in [0, 0.1) is 17.2 Å². The molecule has 1 atom stereocenters. The third-order valence-corrected chi connectivity index (χ3v) is 4.73. The van der Waals surface area contributed by atoms with Gasteiger partial charge in [0.1, 0.15) is 6.07 Å². The molecule has 1 fully saturated rings. The lowest BCUT2D eigenvalue weighted by Gasteiger charge is -2.17.